The standard InChI is InChI=1S/C21H29FN4O2S/c1-4-25(5-2)29(27,28)26-12-6-7-17(15-26)21-14-20(13-16(3)23-21)24-19-10-8-18(22)9-11-19/h8-11,13-14,17H,4-7,12,15H2,1-3H3,(H,23,24)/t17-/m1/s1. The molecule has 1 fully saturated rings. The van der Waals surface area contributed by atoms with Crippen molar-refractivity contribution in [1.82, 2.24) is 13.6 Å². The van der Waals surface area contributed by atoms with Gasteiger partial charge in [0.05, 0.1) is 0 Å². The molecular weight excluding hydrogens is 391 g/mol. The average molecular weight is 421 g/mol. The van der Waals surface area contributed by atoms with Crippen LogP contribution in [0.2, 0.25) is 0 Å². The van der Waals surface area contributed by atoms with E-state index in [-0.39, 0.29) is 11.7 Å². The molecule has 1 aromatic carbocycles. The molecule has 0 spiro atoms. The highest BCUT2D eigenvalue weighted by Gasteiger charge is 2.33. The van der Waals surface area contributed by atoms with Crippen molar-refractivity contribution in [2.75, 3.05) is 31.5 Å². The van der Waals surface area contributed by atoms with Crippen LogP contribution in [0.4, 0.5) is 15.8 Å². The number of aromatic nitrogens is 1. The van der Waals surface area contributed by atoms with Gasteiger partial charge in [0.25, 0.3) is 10.2 Å². The maximum Gasteiger partial charge on any atom is 0.281 e. The quantitative estimate of drug-likeness (QED) is 0.734. The number of rotatable bonds is 7. The number of piperidine rings is 1. The van der Waals surface area contributed by atoms with E-state index in [1.165, 1.54) is 16.4 Å². The van der Waals surface area contributed by atoms with Crippen LogP contribution in [-0.4, -0.2) is 48.2 Å². The Balaban J connectivity index is 1.81. The highest BCUT2D eigenvalue weighted by atomic mass is 32.2. The number of anilines is 2. The summed E-state index contributed by atoms with van der Waals surface area (Å²) in [4.78, 5) is 4.68. The van der Waals surface area contributed by atoms with Gasteiger partial charge in [-0.3, -0.25) is 4.98 Å². The van der Waals surface area contributed by atoms with Crippen LogP contribution in [0.1, 0.15) is 44.0 Å². The van der Waals surface area contributed by atoms with Crippen LogP contribution in [0.15, 0.2) is 36.4 Å². The number of hydrogen-bond donors (Lipinski definition) is 1. The topological polar surface area (TPSA) is 65.5 Å². The Labute approximate surface area is 172 Å². The first-order valence-corrected chi connectivity index (χ1v) is 11.5. The van der Waals surface area contributed by atoms with Crippen LogP contribution in [0.25, 0.3) is 0 Å². The molecule has 158 valence electrons. The van der Waals surface area contributed by atoms with E-state index in [1.807, 2.05) is 32.9 Å². The zero-order chi connectivity index (χ0) is 21.0. The molecule has 29 heavy (non-hydrogen) atoms. The average Bonchev–Trinajstić information content (AvgIpc) is 2.70. The number of nitrogens with zero attached hydrogens (tertiary/aromatic N) is 3. The van der Waals surface area contributed by atoms with Crippen LogP contribution in [-0.2, 0) is 10.2 Å². The van der Waals surface area contributed by atoms with E-state index in [1.54, 1.807) is 16.4 Å². The van der Waals surface area contributed by atoms with Gasteiger partial charge in [-0.05, 0) is 56.2 Å². The van der Waals surface area contributed by atoms with E-state index < -0.39 is 10.2 Å². The lowest BCUT2D eigenvalue weighted by atomic mass is 9.95. The lowest BCUT2D eigenvalue weighted by molar-refractivity contribution is 0.285. The van der Waals surface area contributed by atoms with E-state index in [4.69, 9.17) is 0 Å². The van der Waals surface area contributed by atoms with Gasteiger partial charge >= 0.3 is 0 Å². The SMILES string of the molecule is CCN(CC)S(=O)(=O)N1CCC[C@@H](c2cc(Nc3ccc(F)cc3)cc(C)n2)C1. The second-order valence-corrected chi connectivity index (χ2v) is 9.27. The second-order valence-electron chi connectivity index (χ2n) is 7.34. The minimum absolute atomic E-state index is 0.0442. The largest absolute Gasteiger partial charge is 0.355 e. The van der Waals surface area contributed by atoms with E-state index in [9.17, 15) is 12.8 Å². The molecule has 0 radical (unpaired) electrons. The zero-order valence-electron chi connectivity index (χ0n) is 17.2. The summed E-state index contributed by atoms with van der Waals surface area (Å²) in [6, 6.07) is 10.1. The monoisotopic (exact) mass is 420 g/mol. The van der Waals surface area contributed by atoms with Crippen LogP contribution < -0.4 is 5.32 Å². The molecule has 1 aliphatic heterocycles. The molecule has 0 saturated carbocycles. The number of halogens is 1. The van der Waals surface area contributed by atoms with Gasteiger partial charge in [-0.15, -0.1) is 0 Å². The van der Waals surface area contributed by atoms with Crippen molar-refractivity contribution in [1.29, 1.82) is 0 Å². The van der Waals surface area contributed by atoms with E-state index in [0.717, 1.165) is 35.6 Å². The molecule has 0 unspecified atom stereocenters. The molecule has 0 amide bonds. The fourth-order valence-corrected chi connectivity index (χ4v) is 5.49. The number of aryl methyl sites for hydroxylation is 1. The molecule has 1 atom stereocenters. The number of benzene rings is 1. The summed E-state index contributed by atoms with van der Waals surface area (Å²) >= 11 is 0. The van der Waals surface area contributed by atoms with Crippen LogP contribution >= 0.6 is 0 Å². The Morgan fingerprint density at radius 3 is 2.52 bits per heavy atom. The van der Waals surface area contributed by atoms with Crippen molar-refractivity contribution in [3.8, 4) is 0 Å². The molecule has 0 bridgehead atoms. The first-order chi connectivity index (χ1) is 13.8. The molecule has 1 aliphatic rings. The third-order valence-electron chi connectivity index (χ3n) is 5.27. The predicted molar refractivity (Wildman–Crippen MR) is 114 cm³/mol. The molecule has 2 heterocycles. The van der Waals surface area contributed by atoms with Crippen molar-refractivity contribution < 1.29 is 12.8 Å². The summed E-state index contributed by atoms with van der Waals surface area (Å²) < 4.78 is 42.1. The maximum absolute atomic E-state index is 13.1. The van der Waals surface area contributed by atoms with Gasteiger partial charge < -0.3 is 5.32 Å². The lowest BCUT2D eigenvalue weighted by Gasteiger charge is -2.35. The normalized spacial score (nSPS) is 18.2. The van der Waals surface area contributed by atoms with Crippen molar-refractivity contribution in [2.45, 2.75) is 39.5 Å². The minimum Gasteiger partial charge on any atom is -0.355 e. The second kappa shape index (κ2) is 9.19. The first-order valence-electron chi connectivity index (χ1n) is 10.1. The number of nitrogens with one attached hydrogen (secondary N) is 1. The number of pyridine rings is 1. The zero-order valence-corrected chi connectivity index (χ0v) is 18.0. The molecule has 1 saturated heterocycles. The van der Waals surface area contributed by atoms with Gasteiger partial charge in [-0.1, -0.05) is 13.8 Å². The van der Waals surface area contributed by atoms with Crippen molar-refractivity contribution in [3.05, 3.63) is 53.6 Å². The van der Waals surface area contributed by atoms with Gasteiger partial charge in [0, 0.05) is 54.9 Å². The fourth-order valence-electron chi connectivity index (χ4n) is 3.78. The van der Waals surface area contributed by atoms with Gasteiger partial charge in [0.15, 0.2) is 0 Å². The Kier molecular flexibility index (Phi) is 6.87. The van der Waals surface area contributed by atoms with E-state index in [2.05, 4.69) is 10.3 Å². The summed E-state index contributed by atoms with van der Waals surface area (Å²) in [5, 5.41) is 3.28. The third-order valence-corrected chi connectivity index (χ3v) is 7.42. The van der Waals surface area contributed by atoms with Crippen LogP contribution in [0.5, 0.6) is 0 Å². The number of hydrogen-bond acceptors (Lipinski definition) is 4. The summed E-state index contributed by atoms with van der Waals surface area (Å²) in [5.74, 6) is -0.235. The van der Waals surface area contributed by atoms with Gasteiger partial charge in [0.2, 0.25) is 0 Å². The Hall–Kier alpha value is -2.03. The minimum atomic E-state index is -3.45. The molecule has 1 aromatic heterocycles. The molecule has 1 N–H and O–H groups in total. The van der Waals surface area contributed by atoms with Crippen molar-refractivity contribution in [3.63, 3.8) is 0 Å². The molecule has 2 aromatic rings. The Morgan fingerprint density at radius 1 is 1.17 bits per heavy atom. The van der Waals surface area contributed by atoms with E-state index in [0.29, 0.717) is 26.2 Å². The van der Waals surface area contributed by atoms with Crippen LogP contribution in [0.3, 0.4) is 0 Å². The fraction of sp³-hybridized carbons (Fsp3) is 0.476. The van der Waals surface area contributed by atoms with Crippen molar-refractivity contribution in [2.24, 2.45) is 0 Å². The van der Waals surface area contributed by atoms with E-state index >= 15 is 0 Å². The molecular formula is C21H29FN4O2S. The van der Waals surface area contributed by atoms with Crippen molar-refractivity contribution >= 4 is 21.6 Å². The van der Waals surface area contributed by atoms with Crippen LogP contribution in [0, 0.1) is 12.7 Å². The highest BCUT2D eigenvalue weighted by Crippen LogP contribution is 2.30. The predicted octanol–water partition coefficient (Wildman–Crippen LogP) is 4.04. The molecule has 0 aliphatic carbocycles. The lowest BCUT2D eigenvalue weighted by Crippen LogP contribution is -2.47. The summed E-state index contributed by atoms with van der Waals surface area (Å²) in [5.41, 5.74) is 3.39. The third kappa shape index (κ3) is 5.12. The first kappa shape index (κ1) is 21.7. The van der Waals surface area contributed by atoms with Gasteiger partial charge in [-0.2, -0.15) is 17.0 Å². The molecule has 3 rings (SSSR count). The summed E-state index contributed by atoms with van der Waals surface area (Å²) in [6.07, 6.45) is 1.71. The summed E-state index contributed by atoms with van der Waals surface area (Å²) in [7, 11) is -3.45. The maximum atomic E-state index is 13.1. The Bertz CT molecular complexity index is 930. The Morgan fingerprint density at radius 2 is 1.86 bits per heavy atom. The smallest absolute Gasteiger partial charge is 0.281 e. The van der Waals surface area contributed by atoms with Gasteiger partial charge in [0.1, 0.15) is 5.82 Å². The summed E-state index contributed by atoms with van der Waals surface area (Å²) in [6.45, 7) is 7.55. The highest BCUT2D eigenvalue weighted by molar-refractivity contribution is 7.86. The molecule has 6 nitrogen and oxygen atoms in total. The van der Waals surface area contributed by atoms with Gasteiger partial charge in [-0.25, -0.2) is 4.39 Å². The molecule has 8 heteroatoms.